The van der Waals surface area contributed by atoms with E-state index in [1.165, 1.54) is 12.1 Å². The van der Waals surface area contributed by atoms with Crippen molar-refractivity contribution in [3.8, 4) is 5.75 Å². The minimum Gasteiger partial charge on any atom is -0.483 e. The number of hydrogen-bond donors (Lipinski definition) is 1. The van der Waals surface area contributed by atoms with E-state index >= 15 is 0 Å². The van der Waals surface area contributed by atoms with Crippen molar-refractivity contribution < 1.29 is 44.7 Å². The molecule has 6 nitrogen and oxygen atoms in total. The van der Waals surface area contributed by atoms with Crippen LogP contribution in [0.15, 0.2) is 93.5 Å². The van der Waals surface area contributed by atoms with Crippen molar-refractivity contribution in [1.29, 1.82) is 0 Å². The van der Waals surface area contributed by atoms with Gasteiger partial charge in [0.25, 0.3) is 5.92 Å². The Hall–Kier alpha value is -2.64. The molecular weight excluding hydrogens is 572 g/mol. The molecule has 4 rings (SSSR count). The predicted octanol–water partition coefficient (Wildman–Crippen LogP) is 6.74. The molecule has 3 aromatic rings. The zero-order chi connectivity index (χ0) is 29.3. The molecule has 0 amide bonds. The molecule has 1 aliphatic rings. The number of rotatable bonds is 9. The molecule has 0 saturated carbocycles. The van der Waals surface area contributed by atoms with Crippen LogP contribution in [-0.4, -0.2) is 43.0 Å². The van der Waals surface area contributed by atoms with Gasteiger partial charge >= 0.3 is 15.4 Å². The number of ether oxygens (including phenoxy) is 3. The third-order valence-electron chi connectivity index (χ3n) is 6.28. The highest BCUT2D eigenvalue weighted by Crippen LogP contribution is 2.39. The Morgan fingerprint density at radius 1 is 0.925 bits per heavy atom. The summed E-state index contributed by atoms with van der Waals surface area (Å²) in [6.45, 7) is 3.46. The molecule has 4 atom stereocenters. The van der Waals surface area contributed by atoms with Gasteiger partial charge in [-0.3, -0.25) is 4.55 Å². The molecule has 1 fully saturated rings. The highest BCUT2D eigenvalue weighted by Gasteiger charge is 2.51. The lowest BCUT2D eigenvalue weighted by molar-refractivity contribution is -0.317. The van der Waals surface area contributed by atoms with Crippen LogP contribution >= 0.6 is 0 Å². The summed E-state index contributed by atoms with van der Waals surface area (Å²) in [6, 6.07) is 23.0. The fraction of sp³-hybridized carbons (Fsp3) is 0.357. The minimum absolute atomic E-state index is 0.00496. The van der Waals surface area contributed by atoms with Crippen LogP contribution in [0.3, 0.4) is 0 Å². The highest BCUT2D eigenvalue weighted by molar-refractivity contribution is 7.97. The average molecular weight is 602 g/mol. The van der Waals surface area contributed by atoms with Crippen molar-refractivity contribution in [2.45, 2.75) is 65.1 Å². The molecule has 4 unspecified atom stereocenters. The average Bonchev–Trinajstić information content (AvgIpc) is 2.90. The van der Waals surface area contributed by atoms with Crippen LogP contribution in [0.1, 0.15) is 32.6 Å². The zero-order valence-corrected chi connectivity index (χ0v) is 23.5. The topological polar surface area (TPSA) is 82.1 Å². The summed E-state index contributed by atoms with van der Waals surface area (Å²) in [5.41, 5.74) is 0.596. The fourth-order valence-electron chi connectivity index (χ4n) is 4.22. The summed E-state index contributed by atoms with van der Waals surface area (Å²) in [6.07, 6.45) is -4.34. The summed E-state index contributed by atoms with van der Waals surface area (Å²) >= 11 is 0. The van der Waals surface area contributed by atoms with Gasteiger partial charge in [0.1, 0.15) is 18.5 Å². The molecule has 216 valence electrons. The quantitative estimate of drug-likeness (QED) is 0.166. The van der Waals surface area contributed by atoms with Crippen molar-refractivity contribution in [3.05, 3.63) is 84.4 Å². The van der Waals surface area contributed by atoms with E-state index in [1.54, 1.807) is 38.1 Å². The van der Waals surface area contributed by atoms with Crippen molar-refractivity contribution in [1.82, 2.24) is 0 Å². The fourth-order valence-corrected chi connectivity index (χ4v) is 6.75. The number of hydrogen-bond acceptors (Lipinski definition) is 5. The van der Waals surface area contributed by atoms with Crippen LogP contribution in [-0.2, 0) is 30.5 Å². The van der Waals surface area contributed by atoms with Gasteiger partial charge in [-0.1, -0.05) is 32.0 Å². The zero-order valence-electron chi connectivity index (χ0n) is 21.8. The Labute approximate surface area is 233 Å². The molecule has 0 aromatic heterocycles. The SMILES string of the molecule is CC(C)C1OC(c2ccc([S+](c3ccccc3)c3ccc(OC(C)C(F)(F)S(=O)(=O)O)cc3)cc2)OCC1(F)F. The first-order valence-electron chi connectivity index (χ1n) is 12.4. The van der Waals surface area contributed by atoms with Gasteiger partial charge in [0.2, 0.25) is 0 Å². The van der Waals surface area contributed by atoms with E-state index in [0.717, 1.165) is 21.6 Å². The summed E-state index contributed by atoms with van der Waals surface area (Å²) in [7, 11) is -6.30. The summed E-state index contributed by atoms with van der Waals surface area (Å²) in [5, 5.41) is -4.49. The minimum atomic E-state index is -5.65. The molecule has 12 heteroatoms. The van der Waals surface area contributed by atoms with E-state index in [2.05, 4.69) is 0 Å². The van der Waals surface area contributed by atoms with Crippen LogP contribution in [0.5, 0.6) is 5.75 Å². The second-order valence-corrected chi connectivity index (χ2v) is 13.2. The van der Waals surface area contributed by atoms with Gasteiger partial charge in [0.05, 0.1) is 10.9 Å². The molecule has 1 heterocycles. The maximum atomic E-state index is 14.2. The molecule has 1 N–H and O–H groups in total. The second-order valence-electron chi connectivity index (χ2n) is 9.66. The lowest BCUT2D eigenvalue weighted by atomic mass is 10.00. The first-order chi connectivity index (χ1) is 18.7. The lowest BCUT2D eigenvalue weighted by Crippen LogP contribution is -2.48. The Kier molecular flexibility index (Phi) is 8.86. The van der Waals surface area contributed by atoms with Gasteiger partial charge in [0.15, 0.2) is 27.1 Å². The van der Waals surface area contributed by atoms with Gasteiger partial charge in [0, 0.05) is 5.56 Å². The Morgan fingerprint density at radius 2 is 1.45 bits per heavy atom. The van der Waals surface area contributed by atoms with Gasteiger partial charge in [-0.05, 0) is 73.5 Å². The van der Waals surface area contributed by atoms with Gasteiger partial charge in [-0.25, -0.2) is 8.78 Å². The Morgan fingerprint density at radius 3 is 1.98 bits per heavy atom. The van der Waals surface area contributed by atoms with Crippen LogP contribution < -0.4 is 4.74 Å². The standard InChI is InChI=1S/C28H28F4O6S2/c1-18(2)25-27(29,30)17-36-26(38-25)20-9-13-23(14-10-20)39(22-7-5-4-6-8-22)24-15-11-21(12-16-24)37-19(3)28(31,32)40(33,34)35/h4-16,18-19,25-26H,17H2,1-3H3/p+1. The van der Waals surface area contributed by atoms with Gasteiger partial charge in [-0.2, -0.15) is 17.2 Å². The van der Waals surface area contributed by atoms with Gasteiger partial charge < -0.3 is 14.2 Å². The lowest BCUT2D eigenvalue weighted by Gasteiger charge is -2.38. The van der Waals surface area contributed by atoms with Crippen LogP contribution in [0.2, 0.25) is 0 Å². The normalized spacial score (nSPS) is 21.1. The summed E-state index contributed by atoms with van der Waals surface area (Å²) in [5.74, 6) is -3.49. The second kappa shape index (κ2) is 11.7. The Bertz CT molecular complexity index is 1380. The third-order valence-corrected chi connectivity index (χ3v) is 9.53. The number of benzene rings is 3. The van der Waals surface area contributed by atoms with Crippen LogP contribution in [0.4, 0.5) is 17.6 Å². The maximum Gasteiger partial charge on any atom is 0.405 e. The molecule has 0 spiro atoms. The first-order valence-corrected chi connectivity index (χ1v) is 15.0. The predicted molar refractivity (Wildman–Crippen MR) is 141 cm³/mol. The number of halogens is 4. The largest absolute Gasteiger partial charge is 0.483 e. The van der Waals surface area contributed by atoms with Crippen molar-refractivity contribution in [3.63, 3.8) is 0 Å². The molecule has 3 aromatic carbocycles. The molecular formula is C28H29F4O6S2+. The summed E-state index contributed by atoms with van der Waals surface area (Å²) < 4.78 is 103. The molecule has 0 bridgehead atoms. The maximum absolute atomic E-state index is 14.2. The molecule has 0 aliphatic carbocycles. The van der Waals surface area contributed by atoms with E-state index in [-0.39, 0.29) is 5.75 Å². The first kappa shape index (κ1) is 30.3. The monoisotopic (exact) mass is 601 g/mol. The van der Waals surface area contributed by atoms with Crippen molar-refractivity contribution in [2.75, 3.05) is 6.61 Å². The molecule has 1 aliphatic heterocycles. The van der Waals surface area contributed by atoms with Crippen LogP contribution in [0, 0.1) is 5.92 Å². The van der Waals surface area contributed by atoms with E-state index < -0.39 is 63.2 Å². The summed E-state index contributed by atoms with van der Waals surface area (Å²) in [4.78, 5) is 2.65. The Balaban J connectivity index is 1.59. The van der Waals surface area contributed by atoms with E-state index in [1.807, 2.05) is 42.5 Å². The van der Waals surface area contributed by atoms with E-state index in [9.17, 15) is 26.0 Å². The highest BCUT2D eigenvalue weighted by atomic mass is 32.2. The smallest absolute Gasteiger partial charge is 0.405 e. The molecule has 0 radical (unpaired) electrons. The molecule has 40 heavy (non-hydrogen) atoms. The van der Waals surface area contributed by atoms with Gasteiger partial charge in [-0.15, -0.1) is 0 Å². The van der Waals surface area contributed by atoms with Crippen molar-refractivity contribution in [2.24, 2.45) is 5.92 Å². The van der Waals surface area contributed by atoms with E-state index in [0.29, 0.717) is 5.56 Å². The van der Waals surface area contributed by atoms with E-state index in [4.69, 9.17) is 18.8 Å². The number of alkyl halides is 4. The molecule has 1 saturated heterocycles. The van der Waals surface area contributed by atoms with Crippen LogP contribution in [0.25, 0.3) is 0 Å². The third kappa shape index (κ3) is 6.46. The van der Waals surface area contributed by atoms with Crippen molar-refractivity contribution >= 4 is 21.0 Å².